The van der Waals surface area contributed by atoms with Crippen molar-refractivity contribution in [2.75, 3.05) is 6.61 Å². The molecule has 1 rings (SSSR count). The second kappa shape index (κ2) is 4.20. The predicted octanol–water partition coefficient (Wildman–Crippen LogP) is -3.65. The Labute approximate surface area is 79.2 Å². The van der Waals surface area contributed by atoms with Gasteiger partial charge < -0.3 is 30.3 Å². The first-order chi connectivity index (χ1) is 6.45. The Kier molecular flexibility index (Phi) is 3.40. The molecule has 0 radical (unpaired) electrons. The summed E-state index contributed by atoms with van der Waals surface area (Å²) in [5, 5.41) is 45.6. The van der Waals surface area contributed by atoms with Gasteiger partial charge in [-0.25, -0.2) is 4.79 Å². The molecule has 1 aliphatic heterocycles. The number of carbonyl (C=O) groups excluding carboxylic acids is 1. The Morgan fingerprint density at radius 3 is 2.14 bits per heavy atom. The van der Waals surface area contributed by atoms with Gasteiger partial charge >= 0.3 is 5.97 Å². The topological polar surface area (TPSA) is 127 Å². The highest BCUT2D eigenvalue weighted by Crippen LogP contribution is 2.13. The number of hydrogen-bond acceptors (Lipinski definition) is 7. The van der Waals surface area contributed by atoms with Crippen LogP contribution >= 0.6 is 0 Å². The van der Waals surface area contributed by atoms with Gasteiger partial charge in [-0.2, -0.15) is 0 Å². The van der Waals surface area contributed by atoms with E-state index >= 15 is 0 Å². The zero-order valence-corrected chi connectivity index (χ0v) is 7.15. The number of hydrogen-bond donors (Lipinski definition) is 5. The summed E-state index contributed by atoms with van der Waals surface area (Å²) in [5.74, 6) is -1.15. The molecule has 0 aromatic heterocycles. The molecule has 82 valence electrons. The lowest BCUT2D eigenvalue weighted by molar-refractivity contribution is -0.192. The molecule has 0 unspecified atom stereocenters. The van der Waals surface area contributed by atoms with Gasteiger partial charge in [-0.3, -0.25) is 0 Å². The van der Waals surface area contributed by atoms with Crippen molar-refractivity contribution in [3.63, 3.8) is 0 Å². The summed E-state index contributed by atoms with van der Waals surface area (Å²) in [5.41, 5.74) is 0. The van der Waals surface area contributed by atoms with Crippen LogP contribution in [0.3, 0.4) is 0 Å². The third-order valence-corrected chi connectivity index (χ3v) is 2.06. The highest BCUT2D eigenvalue weighted by atomic mass is 16.6. The van der Waals surface area contributed by atoms with Crippen molar-refractivity contribution >= 4 is 5.97 Å². The van der Waals surface area contributed by atoms with Gasteiger partial charge in [-0.15, -0.1) is 0 Å². The minimum atomic E-state index is -1.92. The van der Waals surface area contributed by atoms with E-state index in [9.17, 15) is 9.90 Å². The van der Waals surface area contributed by atoms with Gasteiger partial charge in [0.2, 0.25) is 0 Å². The van der Waals surface area contributed by atoms with Gasteiger partial charge in [0, 0.05) is 0 Å². The number of carbonyl (C=O) groups is 1. The van der Waals surface area contributed by atoms with Crippen LogP contribution in [-0.2, 0) is 9.53 Å². The van der Waals surface area contributed by atoms with Crippen molar-refractivity contribution < 1.29 is 35.1 Å². The van der Waals surface area contributed by atoms with E-state index in [1.165, 1.54) is 0 Å². The fraction of sp³-hybridized carbons (Fsp3) is 0.857. The SMILES string of the molecule is O=C1OC[C@H](O)[C@H](O)[C@H](O)[C@H](O)[C@@H]1O. The molecule has 0 spiro atoms. The zero-order valence-electron chi connectivity index (χ0n) is 7.15. The van der Waals surface area contributed by atoms with Crippen molar-refractivity contribution in [1.82, 2.24) is 0 Å². The smallest absolute Gasteiger partial charge is 0.337 e. The van der Waals surface area contributed by atoms with Crippen molar-refractivity contribution in [3.8, 4) is 0 Å². The lowest BCUT2D eigenvalue weighted by atomic mass is 9.98. The van der Waals surface area contributed by atoms with Crippen LogP contribution in [-0.4, -0.2) is 68.6 Å². The maximum absolute atomic E-state index is 10.8. The van der Waals surface area contributed by atoms with Gasteiger partial charge in [0.15, 0.2) is 6.10 Å². The number of cyclic esters (lactones) is 1. The normalized spacial score (nSPS) is 45.2. The third-order valence-electron chi connectivity index (χ3n) is 2.06. The van der Waals surface area contributed by atoms with E-state index in [0.29, 0.717) is 0 Å². The largest absolute Gasteiger partial charge is 0.461 e. The molecule has 1 heterocycles. The van der Waals surface area contributed by atoms with Crippen LogP contribution in [0.1, 0.15) is 0 Å². The predicted molar refractivity (Wildman–Crippen MR) is 41.0 cm³/mol. The molecule has 1 saturated heterocycles. The Bertz CT molecular complexity index is 218. The lowest BCUT2D eigenvalue weighted by Crippen LogP contribution is -2.55. The fourth-order valence-corrected chi connectivity index (χ4v) is 1.11. The maximum atomic E-state index is 10.8. The highest BCUT2D eigenvalue weighted by molar-refractivity contribution is 5.75. The van der Waals surface area contributed by atoms with Gasteiger partial charge in [-0.1, -0.05) is 0 Å². The number of ether oxygens (including phenoxy) is 1. The summed E-state index contributed by atoms with van der Waals surface area (Å²) >= 11 is 0. The molecule has 1 fully saturated rings. The maximum Gasteiger partial charge on any atom is 0.337 e. The van der Waals surface area contributed by atoms with E-state index in [2.05, 4.69) is 4.74 Å². The van der Waals surface area contributed by atoms with E-state index in [1.807, 2.05) is 0 Å². The molecular weight excluding hydrogens is 196 g/mol. The van der Waals surface area contributed by atoms with Gasteiger partial charge in [0.25, 0.3) is 0 Å². The van der Waals surface area contributed by atoms with Crippen molar-refractivity contribution in [2.24, 2.45) is 0 Å². The minimum Gasteiger partial charge on any atom is -0.461 e. The molecule has 14 heavy (non-hydrogen) atoms. The number of aliphatic hydroxyl groups excluding tert-OH is 5. The first-order valence-corrected chi connectivity index (χ1v) is 4.02. The van der Waals surface area contributed by atoms with Gasteiger partial charge in [0.1, 0.15) is 31.0 Å². The highest BCUT2D eigenvalue weighted by Gasteiger charge is 2.40. The van der Waals surface area contributed by atoms with Crippen molar-refractivity contribution in [3.05, 3.63) is 0 Å². The van der Waals surface area contributed by atoms with Gasteiger partial charge in [-0.05, 0) is 0 Å². The summed E-state index contributed by atoms with van der Waals surface area (Å²) in [6, 6.07) is 0. The summed E-state index contributed by atoms with van der Waals surface area (Å²) in [4.78, 5) is 10.8. The Balaban J connectivity index is 2.80. The molecule has 0 aliphatic carbocycles. The third kappa shape index (κ3) is 2.02. The second-order valence-corrected chi connectivity index (χ2v) is 3.11. The Morgan fingerprint density at radius 1 is 1.00 bits per heavy atom. The first kappa shape index (κ1) is 11.3. The van der Waals surface area contributed by atoms with Crippen LogP contribution in [0.25, 0.3) is 0 Å². The number of aliphatic hydroxyl groups is 5. The van der Waals surface area contributed by atoms with E-state index in [-0.39, 0.29) is 0 Å². The molecular formula is C7H12O7. The molecule has 0 saturated carbocycles. The summed E-state index contributed by atoms with van der Waals surface area (Å²) in [6.07, 6.45) is -8.77. The molecule has 7 heteroatoms. The van der Waals surface area contributed by atoms with E-state index in [1.54, 1.807) is 0 Å². The van der Waals surface area contributed by atoms with E-state index in [0.717, 1.165) is 0 Å². The molecule has 0 bridgehead atoms. The first-order valence-electron chi connectivity index (χ1n) is 4.02. The standard InChI is InChI=1S/C7H12O7/c8-2-1-14-7(13)6(12)5(11)4(10)3(2)9/h2-6,8-12H,1H2/t2-,3-,4-,5-,6-/m0/s1. The Morgan fingerprint density at radius 2 is 1.57 bits per heavy atom. The number of rotatable bonds is 0. The average Bonchev–Trinajstić information content (AvgIpc) is 2.19. The molecule has 1 aliphatic rings. The van der Waals surface area contributed by atoms with Crippen molar-refractivity contribution in [1.29, 1.82) is 0 Å². The molecule has 7 nitrogen and oxygen atoms in total. The lowest BCUT2D eigenvalue weighted by Gasteiger charge is -2.31. The number of esters is 1. The average molecular weight is 208 g/mol. The summed E-state index contributed by atoms with van der Waals surface area (Å²) in [6.45, 7) is -0.541. The molecule has 0 amide bonds. The van der Waals surface area contributed by atoms with Crippen LogP contribution in [0.2, 0.25) is 0 Å². The quantitative estimate of drug-likeness (QED) is 0.260. The van der Waals surface area contributed by atoms with E-state index < -0.39 is 43.1 Å². The van der Waals surface area contributed by atoms with Crippen LogP contribution in [0.5, 0.6) is 0 Å². The monoisotopic (exact) mass is 208 g/mol. The molecule has 5 atom stereocenters. The second-order valence-electron chi connectivity index (χ2n) is 3.11. The van der Waals surface area contributed by atoms with Crippen LogP contribution in [0.15, 0.2) is 0 Å². The molecule has 5 N–H and O–H groups in total. The minimum absolute atomic E-state index is 0.541. The summed E-state index contributed by atoms with van der Waals surface area (Å²) in [7, 11) is 0. The van der Waals surface area contributed by atoms with Crippen LogP contribution in [0.4, 0.5) is 0 Å². The summed E-state index contributed by atoms with van der Waals surface area (Å²) < 4.78 is 4.33. The zero-order chi connectivity index (χ0) is 10.9. The fourth-order valence-electron chi connectivity index (χ4n) is 1.11. The van der Waals surface area contributed by atoms with Crippen LogP contribution in [0, 0.1) is 0 Å². The molecule has 0 aromatic carbocycles. The Hall–Kier alpha value is -0.730. The van der Waals surface area contributed by atoms with E-state index in [4.69, 9.17) is 20.4 Å². The van der Waals surface area contributed by atoms with Gasteiger partial charge in [0.05, 0.1) is 0 Å². The molecule has 0 aromatic rings. The van der Waals surface area contributed by atoms with Crippen molar-refractivity contribution in [2.45, 2.75) is 30.5 Å². The van der Waals surface area contributed by atoms with Crippen LogP contribution < -0.4 is 0 Å².